The second-order valence-electron chi connectivity index (χ2n) is 19.5. The number of hydrogen-bond acceptors (Lipinski definition) is 15. The Bertz CT molecular complexity index is 1770. The zero-order chi connectivity index (χ0) is 58.2. The number of unbranched alkanes of at least 4 members (excludes halogenated alkanes) is 12. The average Bonchev–Trinajstić information content (AvgIpc) is 3.39. The van der Waals surface area contributed by atoms with Gasteiger partial charge < -0.3 is 66.1 Å². The van der Waals surface area contributed by atoms with Crippen LogP contribution in [0.2, 0.25) is 0 Å². The van der Waals surface area contributed by atoms with Gasteiger partial charge in [-0.3, -0.25) is 43.2 Å². The zero-order valence-corrected chi connectivity index (χ0v) is 47.1. The van der Waals surface area contributed by atoms with Crippen LogP contribution in [0.1, 0.15) is 194 Å². The second kappa shape index (κ2) is 50.8. The lowest BCUT2D eigenvalue weighted by Gasteiger charge is -2.16. The molecule has 0 aliphatic carbocycles. The first kappa shape index (κ1) is 75.6. The number of aliphatic carboxylic acids is 4. The number of carboxylic acid groups (broad SMARTS) is 4. The van der Waals surface area contributed by atoms with E-state index < -0.39 is 72.5 Å². The van der Waals surface area contributed by atoms with Gasteiger partial charge in [0, 0.05) is 77.0 Å². The lowest BCUT2D eigenvalue weighted by atomic mass is 9.93. The van der Waals surface area contributed by atoms with Gasteiger partial charge in [0.05, 0.1) is 39.0 Å². The van der Waals surface area contributed by atoms with E-state index in [0.29, 0.717) is 32.2 Å². The number of hydrogen-bond donors (Lipinski definition) is 8. The largest absolute Gasteiger partial charge is 0.481 e. The maximum atomic E-state index is 12.5. The molecule has 0 aromatic carbocycles. The number of carboxylic acids is 4. The normalized spacial score (nSPS) is 12.5. The van der Waals surface area contributed by atoms with Crippen molar-refractivity contribution in [2.75, 3.05) is 65.9 Å². The van der Waals surface area contributed by atoms with Crippen molar-refractivity contribution in [1.29, 1.82) is 0 Å². The Morgan fingerprint density at radius 3 is 1.43 bits per heavy atom. The highest BCUT2D eigenvalue weighted by Crippen LogP contribution is 2.17. The van der Waals surface area contributed by atoms with E-state index in [1.165, 1.54) is 6.42 Å². The fourth-order valence-electron chi connectivity index (χ4n) is 8.22. The molecule has 0 saturated heterocycles. The van der Waals surface area contributed by atoms with Gasteiger partial charge in [-0.2, -0.15) is 0 Å². The van der Waals surface area contributed by atoms with Crippen molar-refractivity contribution in [2.24, 2.45) is 11.8 Å². The molecule has 0 aromatic heterocycles. The second-order valence-corrected chi connectivity index (χ2v) is 19.5. The van der Waals surface area contributed by atoms with Gasteiger partial charge >= 0.3 is 23.9 Å². The molecule has 10 N–H and O–H groups in total. The Balaban J connectivity index is 0. The Morgan fingerprint density at radius 2 is 0.886 bits per heavy atom. The summed E-state index contributed by atoms with van der Waals surface area (Å²) >= 11 is 0. The molecular formula is C55H96N4O20. The van der Waals surface area contributed by atoms with Crippen LogP contribution in [0.5, 0.6) is 0 Å². The van der Waals surface area contributed by atoms with Crippen LogP contribution in [0.25, 0.3) is 0 Å². The molecule has 4 amide bonds. The molecule has 0 radical (unpaired) electrons. The van der Waals surface area contributed by atoms with Crippen molar-refractivity contribution >= 4 is 64.9 Å². The highest BCUT2D eigenvalue weighted by atomic mass is 16.5. The van der Waals surface area contributed by atoms with Crippen LogP contribution >= 0.6 is 0 Å². The van der Waals surface area contributed by atoms with Gasteiger partial charge in [0.2, 0.25) is 23.6 Å². The average molecular weight is 1130 g/mol. The van der Waals surface area contributed by atoms with Crippen molar-refractivity contribution in [3.8, 4) is 0 Å². The Kier molecular flexibility index (Phi) is 48.6. The number of ether oxygens (including phenoxy) is 4. The SMILES string of the molecule is CCC(=O)[C@@H](CC)CCCCNC(=O)CC[C@H](NC(=O)CCC(CC(=O)COCCOCCNC(=O)COCCOCCCC(=O)CC[C@H](NC(=O)CCCCCCCCCCCCCCC(=O)O)C(=O)O)C(=O)O)C(=O)O.O. The molecule has 0 aliphatic heterocycles. The molecule has 1 unspecified atom stereocenters. The number of nitrogens with one attached hydrogen (secondary N) is 4. The third-order valence-electron chi connectivity index (χ3n) is 12.9. The summed E-state index contributed by atoms with van der Waals surface area (Å²) in [4.78, 5) is 132. The van der Waals surface area contributed by atoms with E-state index in [4.69, 9.17) is 24.1 Å². The molecule has 4 atom stereocenters. The van der Waals surface area contributed by atoms with Crippen LogP contribution in [-0.2, 0) is 71.7 Å². The Hall–Kier alpha value is -5.43. The summed E-state index contributed by atoms with van der Waals surface area (Å²) in [6.45, 7) is 4.47. The maximum absolute atomic E-state index is 12.5. The van der Waals surface area contributed by atoms with Gasteiger partial charge in [0.15, 0.2) is 5.78 Å². The minimum atomic E-state index is -1.38. The maximum Gasteiger partial charge on any atom is 0.326 e. The quantitative estimate of drug-likeness (QED) is 0.0383. The fourth-order valence-corrected chi connectivity index (χ4v) is 8.22. The van der Waals surface area contributed by atoms with Crippen LogP contribution in [0.4, 0.5) is 0 Å². The number of amides is 4. The van der Waals surface area contributed by atoms with Gasteiger partial charge in [-0.05, 0) is 57.8 Å². The first-order chi connectivity index (χ1) is 37.4. The third-order valence-corrected chi connectivity index (χ3v) is 12.9. The van der Waals surface area contributed by atoms with Crippen LogP contribution in [0.3, 0.4) is 0 Å². The van der Waals surface area contributed by atoms with E-state index in [1.807, 2.05) is 13.8 Å². The summed E-state index contributed by atoms with van der Waals surface area (Å²) in [7, 11) is 0. The Labute approximate surface area is 466 Å². The van der Waals surface area contributed by atoms with Crippen molar-refractivity contribution in [3.63, 3.8) is 0 Å². The third kappa shape index (κ3) is 46.1. The predicted molar refractivity (Wildman–Crippen MR) is 290 cm³/mol. The molecule has 0 bridgehead atoms. The van der Waals surface area contributed by atoms with E-state index in [9.17, 15) is 68.1 Å². The van der Waals surface area contributed by atoms with Crippen LogP contribution in [0, 0.1) is 11.8 Å². The molecule has 456 valence electrons. The molecule has 79 heavy (non-hydrogen) atoms. The van der Waals surface area contributed by atoms with Crippen molar-refractivity contribution < 1.29 is 97.6 Å². The summed E-state index contributed by atoms with van der Waals surface area (Å²) in [6.07, 6.45) is 15.3. The molecule has 0 heterocycles. The van der Waals surface area contributed by atoms with E-state index in [0.717, 1.165) is 83.5 Å². The molecule has 0 spiro atoms. The highest BCUT2D eigenvalue weighted by Gasteiger charge is 2.26. The van der Waals surface area contributed by atoms with Crippen molar-refractivity contribution in [3.05, 3.63) is 0 Å². The predicted octanol–water partition coefficient (Wildman–Crippen LogP) is 4.67. The fraction of sp³-hybridized carbons (Fsp3) is 0.800. The minimum Gasteiger partial charge on any atom is -0.481 e. The lowest BCUT2D eigenvalue weighted by molar-refractivity contribution is -0.145. The summed E-state index contributed by atoms with van der Waals surface area (Å²) in [6, 6.07) is -2.52. The minimum absolute atomic E-state index is 0. The number of rotatable bonds is 56. The number of Topliss-reactive ketones (excluding diaryl/α,β-unsaturated/α-hetero) is 3. The van der Waals surface area contributed by atoms with Crippen LogP contribution in [0.15, 0.2) is 0 Å². The summed E-state index contributed by atoms with van der Waals surface area (Å²) in [5, 5.41) is 47.6. The monoisotopic (exact) mass is 1130 g/mol. The molecule has 0 fully saturated rings. The summed E-state index contributed by atoms with van der Waals surface area (Å²) in [5.74, 6) is -8.12. The van der Waals surface area contributed by atoms with E-state index in [1.54, 1.807) is 0 Å². The number of carbonyl (C=O) groups excluding carboxylic acids is 7. The smallest absolute Gasteiger partial charge is 0.326 e. The standard InChI is InChI=1S/C55H94N4O19.H2O/c1-3-41(47(62)4-2)20-17-18-30-56-48(63)29-27-46(55(73)74)59-50(65)28-24-42(53(69)70)38-44(61)39-77-36-35-76-33-31-57-51(66)40-78-37-34-75-32-19-21-43(60)25-26-45(54(71)72)58-49(64)22-15-13-11-9-7-5-6-8-10-12-14-16-23-52(67)68;/h41-42,45-46H,3-40H2,1-2H3,(H,56,63)(H,57,66)(H,58,64)(H,59,65)(H,67,68)(H,69,70)(H,71,72)(H,73,74);1H2/t41-,42?,45-,46-;/m0./s1. The van der Waals surface area contributed by atoms with Gasteiger partial charge in [0.1, 0.15) is 36.9 Å². The molecule has 24 heteroatoms. The van der Waals surface area contributed by atoms with E-state index in [-0.39, 0.29) is 145 Å². The molecule has 0 rings (SSSR count). The van der Waals surface area contributed by atoms with Gasteiger partial charge in [-0.15, -0.1) is 0 Å². The molecule has 0 saturated carbocycles. The van der Waals surface area contributed by atoms with E-state index >= 15 is 0 Å². The molecule has 24 nitrogen and oxygen atoms in total. The lowest BCUT2D eigenvalue weighted by Crippen LogP contribution is -2.42. The number of carbonyl (C=O) groups is 11. The molecule has 0 aliphatic rings. The van der Waals surface area contributed by atoms with E-state index in [2.05, 4.69) is 21.3 Å². The zero-order valence-electron chi connectivity index (χ0n) is 47.1. The molecule has 0 aromatic rings. The Morgan fingerprint density at radius 1 is 0.392 bits per heavy atom. The van der Waals surface area contributed by atoms with Crippen LogP contribution < -0.4 is 21.3 Å². The summed E-state index contributed by atoms with van der Waals surface area (Å²) in [5.41, 5.74) is 0. The van der Waals surface area contributed by atoms with Gasteiger partial charge in [0.25, 0.3) is 0 Å². The highest BCUT2D eigenvalue weighted by molar-refractivity contribution is 5.87. The molecular weight excluding hydrogens is 1040 g/mol. The van der Waals surface area contributed by atoms with Crippen molar-refractivity contribution in [1.82, 2.24) is 21.3 Å². The van der Waals surface area contributed by atoms with Crippen molar-refractivity contribution in [2.45, 2.75) is 206 Å². The first-order valence-electron chi connectivity index (χ1n) is 28.3. The summed E-state index contributed by atoms with van der Waals surface area (Å²) < 4.78 is 21.4. The first-order valence-corrected chi connectivity index (χ1v) is 28.3. The van der Waals surface area contributed by atoms with Gasteiger partial charge in [-0.1, -0.05) is 84.5 Å². The number of ketones is 3. The van der Waals surface area contributed by atoms with Gasteiger partial charge in [-0.25, -0.2) is 9.59 Å². The van der Waals surface area contributed by atoms with Crippen LogP contribution in [-0.4, -0.2) is 169 Å². The topological polar surface area (TPSA) is 385 Å².